The van der Waals surface area contributed by atoms with Crippen LogP contribution in [-0.2, 0) is 14.9 Å². The third-order valence-electron chi connectivity index (χ3n) is 4.25. The van der Waals surface area contributed by atoms with Gasteiger partial charge in [-0.1, -0.05) is 30.3 Å². The molecule has 1 unspecified atom stereocenters. The van der Waals surface area contributed by atoms with Crippen LogP contribution in [0, 0.1) is 0 Å². The van der Waals surface area contributed by atoms with E-state index in [1.807, 2.05) is 23.1 Å². The topological polar surface area (TPSA) is 55.6 Å². The monoisotopic (exact) mass is 260 g/mol. The van der Waals surface area contributed by atoms with Crippen LogP contribution in [-0.4, -0.2) is 43.2 Å². The molecule has 102 valence electrons. The molecule has 19 heavy (non-hydrogen) atoms. The maximum absolute atomic E-state index is 12.9. The Morgan fingerprint density at radius 3 is 2.74 bits per heavy atom. The minimum Gasteiger partial charge on any atom is -0.377 e. The molecule has 0 aromatic heterocycles. The van der Waals surface area contributed by atoms with Crippen molar-refractivity contribution in [1.29, 1.82) is 0 Å². The summed E-state index contributed by atoms with van der Waals surface area (Å²) in [5.74, 6) is 0.234. The third-order valence-corrected chi connectivity index (χ3v) is 4.25. The molecule has 1 saturated carbocycles. The Labute approximate surface area is 113 Å². The number of hydrogen-bond acceptors (Lipinski definition) is 3. The van der Waals surface area contributed by atoms with Gasteiger partial charge in [-0.25, -0.2) is 0 Å². The number of carbonyl (C=O) groups is 1. The Morgan fingerprint density at radius 2 is 2.11 bits per heavy atom. The Balaban J connectivity index is 1.83. The second kappa shape index (κ2) is 4.94. The van der Waals surface area contributed by atoms with Crippen molar-refractivity contribution in [3.05, 3.63) is 35.9 Å². The molecule has 1 aliphatic carbocycles. The van der Waals surface area contributed by atoms with E-state index in [9.17, 15) is 4.79 Å². The lowest BCUT2D eigenvalue weighted by atomic mass is 9.93. The highest BCUT2D eigenvalue weighted by Gasteiger charge is 2.53. The van der Waals surface area contributed by atoms with Crippen LogP contribution in [0.25, 0.3) is 0 Å². The summed E-state index contributed by atoms with van der Waals surface area (Å²) in [6.07, 6.45) is 1.90. The lowest BCUT2D eigenvalue weighted by Gasteiger charge is -2.37. The Bertz CT molecular complexity index is 456. The third kappa shape index (κ3) is 2.15. The zero-order chi connectivity index (χ0) is 13.3. The minimum atomic E-state index is -0.286. The van der Waals surface area contributed by atoms with Gasteiger partial charge in [-0.15, -0.1) is 0 Å². The zero-order valence-electron chi connectivity index (χ0n) is 11.0. The van der Waals surface area contributed by atoms with Gasteiger partial charge in [-0.2, -0.15) is 0 Å². The van der Waals surface area contributed by atoms with Crippen LogP contribution >= 0.6 is 0 Å². The van der Waals surface area contributed by atoms with E-state index in [1.165, 1.54) is 0 Å². The van der Waals surface area contributed by atoms with Crippen molar-refractivity contribution in [2.75, 3.05) is 26.3 Å². The molecule has 4 heteroatoms. The lowest BCUT2D eigenvalue weighted by molar-refractivity contribution is -0.142. The fourth-order valence-corrected chi connectivity index (χ4v) is 2.90. The van der Waals surface area contributed by atoms with Crippen LogP contribution in [0.3, 0.4) is 0 Å². The second-order valence-electron chi connectivity index (χ2n) is 5.41. The molecule has 1 atom stereocenters. The summed E-state index contributed by atoms with van der Waals surface area (Å²) < 4.78 is 5.42. The van der Waals surface area contributed by atoms with Gasteiger partial charge in [-0.3, -0.25) is 4.79 Å². The van der Waals surface area contributed by atoms with Crippen molar-refractivity contribution in [3.8, 4) is 0 Å². The van der Waals surface area contributed by atoms with Gasteiger partial charge in [0, 0.05) is 13.1 Å². The Kier molecular flexibility index (Phi) is 3.29. The normalized spacial score (nSPS) is 25.1. The van der Waals surface area contributed by atoms with Crippen molar-refractivity contribution in [2.24, 2.45) is 5.73 Å². The Morgan fingerprint density at radius 1 is 1.37 bits per heavy atom. The molecule has 1 aliphatic heterocycles. The molecule has 1 amide bonds. The molecule has 1 aromatic rings. The molecule has 0 radical (unpaired) electrons. The summed E-state index contributed by atoms with van der Waals surface area (Å²) in [5, 5.41) is 0. The fourth-order valence-electron chi connectivity index (χ4n) is 2.90. The summed E-state index contributed by atoms with van der Waals surface area (Å²) in [4.78, 5) is 14.8. The Hall–Kier alpha value is -1.39. The number of hydrogen-bond donors (Lipinski definition) is 1. The quantitative estimate of drug-likeness (QED) is 0.878. The number of amides is 1. The first-order valence-corrected chi connectivity index (χ1v) is 6.92. The van der Waals surface area contributed by atoms with Crippen molar-refractivity contribution < 1.29 is 9.53 Å². The molecule has 1 aromatic carbocycles. The standard InChI is InChI=1S/C15H20N2O2/c16-10-13-11-19-9-8-17(13)14(18)15(6-7-15)12-4-2-1-3-5-12/h1-5,13H,6-11,16H2. The number of benzene rings is 1. The van der Waals surface area contributed by atoms with Gasteiger partial charge in [0.1, 0.15) is 0 Å². The highest BCUT2D eigenvalue weighted by atomic mass is 16.5. The lowest BCUT2D eigenvalue weighted by Crippen LogP contribution is -2.54. The van der Waals surface area contributed by atoms with Gasteiger partial charge in [0.15, 0.2) is 0 Å². The minimum absolute atomic E-state index is 0.0300. The van der Waals surface area contributed by atoms with Gasteiger partial charge in [-0.05, 0) is 18.4 Å². The fraction of sp³-hybridized carbons (Fsp3) is 0.533. The first kappa shape index (κ1) is 12.6. The van der Waals surface area contributed by atoms with Crippen molar-refractivity contribution >= 4 is 5.91 Å². The molecule has 3 rings (SSSR count). The second-order valence-corrected chi connectivity index (χ2v) is 5.41. The predicted octanol–water partition coefficient (Wildman–Crippen LogP) is 0.904. The smallest absolute Gasteiger partial charge is 0.233 e. The zero-order valence-corrected chi connectivity index (χ0v) is 11.0. The molecular formula is C15H20N2O2. The van der Waals surface area contributed by atoms with Crippen molar-refractivity contribution in [2.45, 2.75) is 24.3 Å². The number of carbonyl (C=O) groups excluding carboxylic acids is 1. The number of ether oxygens (including phenoxy) is 1. The molecular weight excluding hydrogens is 240 g/mol. The van der Waals surface area contributed by atoms with E-state index in [1.54, 1.807) is 0 Å². The van der Waals surface area contributed by atoms with Gasteiger partial charge in [0.05, 0.1) is 24.7 Å². The van der Waals surface area contributed by atoms with E-state index in [-0.39, 0.29) is 17.4 Å². The maximum Gasteiger partial charge on any atom is 0.233 e. The molecule has 2 fully saturated rings. The van der Waals surface area contributed by atoms with Gasteiger partial charge >= 0.3 is 0 Å². The van der Waals surface area contributed by atoms with Crippen LogP contribution in [0.15, 0.2) is 30.3 Å². The average molecular weight is 260 g/mol. The highest BCUT2D eigenvalue weighted by molar-refractivity contribution is 5.91. The summed E-state index contributed by atoms with van der Waals surface area (Å²) in [6.45, 7) is 2.31. The maximum atomic E-state index is 12.9. The molecule has 1 heterocycles. The largest absolute Gasteiger partial charge is 0.377 e. The first-order chi connectivity index (χ1) is 9.28. The molecule has 2 N–H and O–H groups in total. The first-order valence-electron chi connectivity index (χ1n) is 6.92. The predicted molar refractivity (Wildman–Crippen MR) is 72.7 cm³/mol. The van der Waals surface area contributed by atoms with Gasteiger partial charge in [0.25, 0.3) is 0 Å². The summed E-state index contributed by atoms with van der Waals surface area (Å²) in [5.41, 5.74) is 6.62. The SMILES string of the molecule is NCC1COCCN1C(=O)C1(c2ccccc2)CC1. The van der Waals surface area contributed by atoms with E-state index >= 15 is 0 Å². The van der Waals surface area contributed by atoms with E-state index in [4.69, 9.17) is 10.5 Å². The number of nitrogens with two attached hydrogens (primary N) is 1. The highest BCUT2D eigenvalue weighted by Crippen LogP contribution is 2.49. The van der Waals surface area contributed by atoms with Crippen LogP contribution in [0.5, 0.6) is 0 Å². The van der Waals surface area contributed by atoms with Gasteiger partial charge < -0.3 is 15.4 Å². The number of morpholine rings is 1. The van der Waals surface area contributed by atoms with E-state index < -0.39 is 0 Å². The number of rotatable bonds is 3. The number of nitrogens with zero attached hydrogens (tertiary/aromatic N) is 1. The van der Waals surface area contributed by atoms with Crippen LogP contribution in [0.4, 0.5) is 0 Å². The molecule has 4 nitrogen and oxygen atoms in total. The average Bonchev–Trinajstić information content (AvgIpc) is 3.29. The molecule has 0 spiro atoms. The van der Waals surface area contributed by atoms with Crippen LogP contribution in [0.2, 0.25) is 0 Å². The van der Waals surface area contributed by atoms with E-state index in [2.05, 4.69) is 12.1 Å². The van der Waals surface area contributed by atoms with Crippen LogP contribution in [0.1, 0.15) is 18.4 Å². The van der Waals surface area contributed by atoms with E-state index in [0.29, 0.717) is 26.3 Å². The summed E-state index contributed by atoms with van der Waals surface area (Å²) in [6, 6.07) is 10.1. The van der Waals surface area contributed by atoms with Crippen molar-refractivity contribution in [1.82, 2.24) is 4.90 Å². The molecule has 2 aliphatic rings. The van der Waals surface area contributed by atoms with Gasteiger partial charge in [0.2, 0.25) is 5.91 Å². The summed E-state index contributed by atoms with van der Waals surface area (Å²) in [7, 11) is 0. The molecule has 1 saturated heterocycles. The summed E-state index contributed by atoms with van der Waals surface area (Å²) >= 11 is 0. The van der Waals surface area contributed by atoms with Crippen molar-refractivity contribution in [3.63, 3.8) is 0 Å². The van der Waals surface area contributed by atoms with Crippen LogP contribution < -0.4 is 5.73 Å². The van der Waals surface area contributed by atoms with E-state index in [0.717, 1.165) is 18.4 Å². The molecule has 0 bridgehead atoms.